The second-order valence-corrected chi connectivity index (χ2v) is 5.32. The van der Waals surface area contributed by atoms with E-state index in [-0.39, 0.29) is 19.1 Å². The van der Waals surface area contributed by atoms with Crippen LogP contribution in [0.1, 0.15) is 20.8 Å². The van der Waals surface area contributed by atoms with Gasteiger partial charge >= 0.3 is 5.97 Å². The molecule has 0 aromatic heterocycles. The summed E-state index contributed by atoms with van der Waals surface area (Å²) >= 11 is 0. The molecule has 19 heavy (non-hydrogen) atoms. The highest BCUT2D eigenvalue weighted by Gasteiger charge is 2.28. The monoisotopic (exact) mass is 263 g/mol. The third-order valence-corrected chi connectivity index (χ3v) is 2.52. The van der Waals surface area contributed by atoms with Crippen LogP contribution in [0.5, 0.6) is 5.75 Å². The van der Waals surface area contributed by atoms with Gasteiger partial charge in [0.1, 0.15) is 17.9 Å². The van der Waals surface area contributed by atoms with Crippen molar-refractivity contribution >= 4 is 17.6 Å². The van der Waals surface area contributed by atoms with Crippen molar-refractivity contribution in [3.63, 3.8) is 0 Å². The molecule has 0 bridgehead atoms. The zero-order valence-corrected chi connectivity index (χ0v) is 11.3. The summed E-state index contributed by atoms with van der Waals surface area (Å²) in [6.45, 7) is 5.22. The highest BCUT2D eigenvalue weighted by atomic mass is 16.6. The standard InChI is InChI=1S/C14H17NO4/c1-14(2,3)19-13(17)8-15-10-6-4-5-7-11(10)18-9-12(15)16/h4-7H,8-9H2,1-3H3. The topological polar surface area (TPSA) is 55.8 Å². The number of carbonyl (C=O) groups is 2. The van der Waals surface area contributed by atoms with Crippen LogP contribution in [0.4, 0.5) is 5.69 Å². The maximum absolute atomic E-state index is 11.9. The van der Waals surface area contributed by atoms with Crippen LogP contribution in [0.2, 0.25) is 0 Å². The number of para-hydroxylation sites is 2. The molecule has 0 spiro atoms. The van der Waals surface area contributed by atoms with Crippen molar-refractivity contribution in [2.24, 2.45) is 0 Å². The zero-order chi connectivity index (χ0) is 14.0. The molecule has 2 rings (SSSR count). The van der Waals surface area contributed by atoms with Gasteiger partial charge in [-0.3, -0.25) is 14.5 Å². The fraction of sp³-hybridized carbons (Fsp3) is 0.429. The van der Waals surface area contributed by atoms with Gasteiger partial charge in [0.25, 0.3) is 5.91 Å². The van der Waals surface area contributed by atoms with Crippen LogP contribution < -0.4 is 9.64 Å². The average Bonchev–Trinajstić information content (AvgIpc) is 2.31. The largest absolute Gasteiger partial charge is 0.482 e. The first-order valence-electron chi connectivity index (χ1n) is 6.11. The highest BCUT2D eigenvalue weighted by Crippen LogP contribution is 2.31. The predicted octanol–water partition coefficient (Wildman–Crippen LogP) is 1.75. The number of nitrogens with zero attached hydrogens (tertiary/aromatic N) is 1. The Labute approximate surface area is 112 Å². The first-order valence-corrected chi connectivity index (χ1v) is 6.11. The summed E-state index contributed by atoms with van der Waals surface area (Å²) in [6.07, 6.45) is 0. The molecule has 1 aliphatic rings. The normalized spacial score (nSPS) is 14.7. The number of ether oxygens (including phenoxy) is 2. The van der Waals surface area contributed by atoms with Crippen LogP contribution in [0.3, 0.4) is 0 Å². The van der Waals surface area contributed by atoms with E-state index in [2.05, 4.69) is 0 Å². The second-order valence-electron chi connectivity index (χ2n) is 5.32. The lowest BCUT2D eigenvalue weighted by molar-refractivity contribution is -0.153. The summed E-state index contributed by atoms with van der Waals surface area (Å²) < 4.78 is 10.5. The fourth-order valence-corrected chi connectivity index (χ4v) is 1.83. The number of hydrogen-bond donors (Lipinski definition) is 0. The Balaban J connectivity index is 2.16. The molecule has 0 radical (unpaired) electrons. The van der Waals surface area contributed by atoms with Gasteiger partial charge in [0.2, 0.25) is 0 Å². The van der Waals surface area contributed by atoms with Crippen LogP contribution in [0, 0.1) is 0 Å². The molecule has 102 valence electrons. The molecular formula is C14H17NO4. The number of anilines is 1. The lowest BCUT2D eigenvalue weighted by Crippen LogP contribution is -2.43. The van der Waals surface area contributed by atoms with Gasteiger partial charge in [-0.15, -0.1) is 0 Å². The van der Waals surface area contributed by atoms with Crippen LogP contribution >= 0.6 is 0 Å². The summed E-state index contributed by atoms with van der Waals surface area (Å²) in [4.78, 5) is 25.1. The molecule has 0 unspecified atom stereocenters. The number of benzene rings is 1. The Morgan fingerprint density at radius 2 is 2.05 bits per heavy atom. The highest BCUT2D eigenvalue weighted by molar-refractivity contribution is 6.01. The number of esters is 1. The summed E-state index contributed by atoms with van der Waals surface area (Å²) in [6, 6.07) is 7.13. The Morgan fingerprint density at radius 3 is 2.74 bits per heavy atom. The molecule has 1 aromatic carbocycles. The van der Waals surface area contributed by atoms with E-state index in [1.165, 1.54) is 4.90 Å². The number of fused-ring (bicyclic) bond motifs is 1. The van der Waals surface area contributed by atoms with Crippen molar-refractivity contribution in [1.82, 2.24) is 0 Å². The van der Waals surface area contributed by atoms with E-state index >= 15 is 0 Å². The van der Waals surface area contributed by atoms with Gasteiger partial charge in [-0.05, 0) is 32.9 Å². The van der Waals surface area contributed by atoms with Crippen LogP contribution in [-0.2, 0) is 14.3 Å². The summed E-state index contributed by atoms with van der Waals surface area (Å²) in [5.74, 6) is -0.0761. The molecule has 0 saturated heterocycles. The van der Waals surface area contributed by atoms with E-state index in [1.54, 1.807) is 39.0 Å². The van der Waals surface area contributed by atoms with Crippen molar-refractivity contribution in [3.05, 3.63) is 24.3 Å². The summed E-state index contributed by atoms with van der Waals surface area (Å²) in [5, 5.41) is 0. The number of carbonyl (C=O) groups excluding carboxylic acids is 2. The third kappa shape index (κ3) is 3.24. The average molecular weight is 263 g/mol. The number of hydrogen-bond acceptors (Lipinski definition) is 4. The molecule has 5 nitrogen and oxygen atoms in total. The summed E-state index contributed by atoms with van der Waals surface area (Å²) in [5.41, 5.74) is 0.0379. The van der Waals surface area contributed by atoms with E-state index < -0.39 is 11.6 Å². The Morgan fingerprint density at radius 1 is 1.37 bits per heavy atom. The first-order chi connectivity index (χ1) is 8.87. The van der Waals surface area contributed by atoms with Gasteiger partial charge in [0.05, 0.1) is 5.69 Å². The van der Waals surface area contributed by atoms with Crippen molar-refractivity contribution in [2.45, 2.75) is 26.4 Å². The minimum absolute atomic E-state index is 0.0557. The van der Waals surface area contributed by atoms with Crippen molar-refractivity contribution in [1.29, 1.82) is 0 Å². The molecule has 0 fully saturated rings. The van der Waals surface area contributed by atoms with Gasteiger partial charge in [-0.2, -0.15) is 0 Å². The molecule has 1 aliphatic heterocycles. The van der Waals surface area contributed by atoms with Gasteiger partial charge in [0.15, 0.2) is 6.61 Å². The van der Waals surface area contributed by atoms with E-state index in [0.717, 1.165) is 0 Å². The number of rotatable bonds is 2. The Kier molecular flexibility index (Phi) is 3.46. The van der Waals surface area contributed by atoms with E-state index in [0.29, 0.717) is 11.4 Å². The molecule has 0 atom stereocenters. The van der Waals surface area contributed by atoms with Crippen LogP contribution in [0.15, 0.2) is 24.3 Å². The molecule has 1 amide bonds. The van der Waals surface area contributed by atoms with E-state index in [4.69, 9.17) is 9.47 Å². The van der Waals surface area contributed by atoms with E-state index in [9.17, 15) is 9.59 Å². The fourth-order valence-electron chi connectivity index (χ4n) is 1.83. The SMILES string of the molecule is CC(C)(C)OC(=O)CN1C(=O)COc2ccccc21. The molecule has 1 aromatic rings. The molecule has 5 heteroatoms. The Bertz CT molecular complexity index is 504. The minimum atomic E-state index is -0.564. The molecule has 1 heterocycles. The van der Waals surface area contributed by atoms with Gasteiger partial charge < -0.3 is 9.47 Å². The lowest BCUT2D eigenvalue weighted by atomic mass is 10.2. The van der Waals surface area contributed by atoms with Crippen LogP contribution in [0.25, 0.3) is 0 Å². The van der Waals surface area contributed by atoms with E-state index in [1.807, 2.05) is 6.07 Å². The number of amides is 1. The summed E-state index contributed by atoms with van der Waals surface area (Å²) in [7, 11) is 0. The predicted molar refractivity (Wildman–Crippen MR) is 70.1 cm³/mol. The first kappa shape index (κ1) is 13.4. The molecule has 0 aliphatic carbocycles. The maximum atomic E-state index is 11.9. The van der Waals surface area contributed by atoms with Crippen molar-refractivity contribution < 1.29 is 19.1 Å². The van der Waals surface area contributed by atoms with Crippen LogP contribution in [-0.4, -0.2) is 30.6 Å². The zero-order valence-electron chi connectivity index (χ0n) is 11.3. The Hall–Kier alpha value is -2.04. The second kappa shape index (κ2) is 4.91. The van der Waals surface area contributed by atoms with Crippen molar-refractivity contribution in [3.8, 4) is 5.75 Å². The quantitative estimate of drug-likeness (QED) is 0.763. The third-order valence-electron chi connectivity index (χ3n) is 2.52. The van der Waals surface area contributed by atoms with Gasteiger partial charge in [-0.1, -0.05) is 12.1 Å². The van der Waals surface area contributed by atoms with Crippen molar-refractivity contribution in [2.75, 3.05) is 18.1 Å². The lowest BCUT2D eigenvalue weighted by Gasteiger charge is -2.29. The molecular weight excluding hydrogens is 246 g/mol. The maximum Gasteiger partial charge on any atom is 0.326 e. The van der Waals surface area contributed by atoms with Gasteiger partial charge in [0, 0.05) is 0 Å². The molecule has 0 saturated carbocycles. The minimum Gasteiger partial charge on any atom is -0.482 e. The van der Waals surface area contributed by atoms with Gasteiger partial charge in [-0.25, -0.2) is 0 Å². The smallest absolute Gasteiger partial charge is 0.326 e. The molecule has 0 N–H and O–H groups in total.